The van der Waals surface area contributed by atoms with Gasteiger partial charge in [-0.1, -0.05) is 12.6 Å². The molecule has 0 heterocycles. The van der Waals surface area contributed by atoms with E-state index in [1.54, 1.807) is 38.1 Å². The quantitative estimate of drug-likeness (QED) is 0.145. The average Bonchev–Trinajstić information content (AvgIpc) is 2.76. The predicted molar refractivity (Wildman–Crippen MR) is 136 cm³/mol. The molecule has 1 atom stereocenters. The Bertz CT molecular complexity index is 1120. The third-order valence-corrected chi connectivity index (χ3v) is 4.31. The van der Waals surface area contributed by atoms with Crippen molar-refractivity contribution in [2.45, 2.75) is 39.1 Å². The van der Waals surface area contributed by atoms with Crippen LogP contribution in [0.3, 0.4) is 0 Å². The lowest BCUT2D eigenvalue weighted by atomic mass is 10.2. The summed E-state index contributed by atoms with van der Waals surface area (Å²) in [5.74, 6) is -3.49. The van der Waals surface area contributed by atoms with Crippen LogP contribution in [-0.2, 0) is 4.79 Å². The van der Waals surface area contributed by atoms with E-state index in [2.05, 4.69) is 27.5 Å². The van der Waals surface area contributed by atoms with Gasteiger partial charge in [-0.05, 0) is 70.2 Å². The maximum atomic E-state index is 14.6. The minimum absolute atomic E-state index is 0.0364. The highest BCUT2D eigenvalue weighted by Crippen LogP contribution is 2.24. The van der Waals surface area contributed by atoms with Gasteiger partial charge in [-0.25, -0.2) is 13.8 Å². The molecule has 0 aromatic heterocycles. The Morgan fingerprint density at radius 2 is 1.83 bits per heavy atom. The van der Waals surface area contributed by atoms with Gasteiger partial charge >= 0.3 is 0 Å². The van der Waals surface area contributed by atoms with E-state index in [1.165, 1.54) is 32.1 Å². The lowest BCUT2D eigenvalue weighted by molar-refractivity contribution is -0.111. The van der Waals surface area contributed by atoms with Crippen LogP contribution in [0.4, 0.5) is 25.8 Å². The number of benzene rings is 2. The number of ether oxygens (including phenoxy) is 1. The van der Waals surface area contributed by atoms with Crippen molar-refractivity contribution in [1.29, 1.82) is 0 Å². The Kier molecular flexibility index (Phi) is 9.10. The largest absolute Gasteiger partial charge is 0.488 e. The number of hydrogen-bond donors (Lipinski definition) is 5. The van der Waals surface area contributed by atoms with Crippen LogP contribution in [0, 0.1) is 5.82 Å². The molecule has 0 aliphatic heterocycles. The topological polar surface area (TPSA) is 121 Å². The van der Waals surface area contributed by atoms with E-state index in [0.29, 0.717) is 11.4 Å². The summed E-state index contributed by atoms with van der Waals surface area (Å²) in [5.41, 5.74) is 6.30. The van der Waals surface area contributed by atoms with Crippen molar-refractivity contribution in [3.63, 3.8) is 0 Å². The maximum absolute atomic E-state index is 14.6. The summed E-state index contributed by atoms with van der Waals surface area (Å²) in [6, 6.07) is 10.6. The van der Waals surface area contributed by atoms with Gasteiger partial charge in [0.15, 0.2) is 29.0 Å². The number of allylic oxidation sites excluding steroid dienone is 1. The summed E-state index contributed by atoms with van der Waals surface area (Å²) in [6.07, 6.45) is 2.34. The van der Waals surface area contributed by atoms with E-state index in [0.717, 1.165) is 12.1 Å². The molecule has 1 amide bonds. The fraction of sp³-hybridized carbons (Fsp3) is 0.280. The second kappa shape index (κ2) is 11.6. The van der Waals surface area contributed by atoms with Crippen LogP contribution < -0.4 is 26.4 Å². The van der Waals surface area contributed by atoms with Gasteiger partial charge < -0.3 is 25.8 Å². The second-order valence-corrected chi connectivity index (χ2v) is 8.52. The number of nitrogens with one attached hydrogen (secondary N) is 3. The Hall–Kier alpha value is -3.76. The highest BCUT2D eigenvalue weighted by atomic mass is 19.1. The Balaban J connectivity index is 2.23. The Morgan fingerprint density at radius 1 is 1.17 bits per heavy atom. The maximum Gasteiger partial charge on any atom is 0.247 e. The van der Waals surface area contributed by atoms with Crippen molar-refractivity contribution in [3.05, 3.63) is 72.8 Å². The lowest BCUT2D eigenvalue weighted by Crippen LogP contribution is -2.44. The van der Waals surface area contributed by atoms with Crippen molar-refractivity contribution in [2.24, 2.45) is 10.7 Å². The molecule has 0 fully saturated rings. The van der Waals surface area contributed by atoms with Crippen molar-refractivity contribution < 1.29 is 23.4 Å². The molecular formula is C25H31F2N5O3. The molecule has 0 spiro atoms. The number of amidine groups is 1. The molecule has 0 radical (unpaired) electrons. The average molecular weight is 488 g/mol. The first-order valence-electron chi connectivity index (χ1n) is 10.8. The zero-order valence-corrected chi connectivity index (χ0v) is 20.2. The van der Waals surface area contributed by atoms with Gasteiger partial charge in [0.05, 0.1) is 5.60 Å². The van der Waals surface area contributed by atoms with Crippen molar-refractivity contribution in [3.8, 4) is 5.75 Å². The van der Waals surface area contributed by atoms with E-state index >= 15 is 0 Å². The van der Waals surface area contributed by atoms with E-state index in [9.17, 15) is 18.7 Å². The van der Waals surface area contributed by atoms with Crippen molar-refractivity contribution >= 4 is 28.8 Å². The number of rotatable bonds is 10. The van der Waals surface area contributed by atoms with Crippen LogP contribution in [0.5, 0.6) is 5.75 Å². The summed E-state index contributed by atoms with van der Waals surface area (Å²) in [4.78, 5) is 15.8. The molecule has 8 nitrogen and oxygen atoms in total. The first-order chi connectivity index (χ1) is 16.3. The van der Waals surface area contributed by atoms with Crippen LogP contribution in [0.15, 0.2) is 72.0 Å². The normalized spacial score (nSPS) is 14.1. The molecule has 188 valence electrons. The number of anilines is 3. The SMILES string of the molecule is C=CC(=O)Nc1cccc(NC(=N/C(C)(N)Nc2ccc(OCC(C)(C)O)c(F)c2)/C(F)=C\C)c1. The molecule has 0 bridgehead atoms. The molecule has 2 aromatic carbocycles. The minimum atomic E-state index is -1.54. The molecule has 35 heavy (non-hydrogen) atoms. The Morgan fingerprint density at radius 3 is 2.40 bits per heavy atom. The number of amides is 1. The highest BCUT2D eigenvalue weighted by Gasteiger charge is 2.21. The monoisotopic (exact) mass is 487 g/mol. The number of aliphatic imine (C=N–C) groups is 1. The number of halogens is 2. The molecule has 2 aromatic rings. The van der Waals surface area contributed by atoms with Gasteiger partial charge in [0.1, 0.15) is 6.61 Å². The van der Waals surface area contributed by atoms with Gasteiger partial charge in [0.2, 0.25) is 5.91 Å². The van der Waals surface area contributed by atoms with Crippen LogP contribution in [0.1, 0.15) is 27.7 Å². The molecule has 2 rings (SSSR count). The van der Waals surface area contributed by atoms with E-state index in [-0.39, 0.29) is 23.9 Å². The lowest BCUT2D eigenvalue weighted by Gasteiger charge is -2.25. The number of aliphatic hydroxyl groups is 1. The molecular weight excluding hydrogens is 456 g/mol. The predicted octanol–water partition coefficient (Wildman–Crippen LogP) is 4.53. The third-order valence-electron chi connectivity index (χ3n) is 4.31. The molecule has 1 unspecified atom stereocenters. The standard InChI is InChI=1S/C25H31F2N5O3/c1-6-19(26)23(30-17-10-8-9-16(13-17)29-22(33)7-2)32-25(5,28)31-18-11-12-21(20(27)14-18)35-15-24(3,4)34/h6-14,31,34H,2,15,28H2,1,3-5H3,(H,29,33)(H,30,32)/b19-6+. The summed E-state index contributed by atoms with van der Waals surface area (Å²) in [5, 5.41) is 18.0. The molecule has 0 aliphatic carbocycles. The van der Waals surface area contributed by atoms with E-state index in [4.69, 9.17) is 10.5 Å². The summed E-state index contributed by atoms with van der Waals surface area (Å²) in [6.45, 7) is 9.37. The number of hydrogen-bond acceptors (Lipinski definition) is 6. The molecule has 0 aliphatic rings. The van der Waals surface area contributed by atoms with Gasteiger partial charge in [0.25, 0.3) is 0 Å². The van der Waals surface area contributed by atoms with Crippen molar-refractivity contribution in [1.82, 2.24) is 0 Å². The van der Waals surface area contributed by atoms with Gasteiger partial charge in [-0.2, -0.15) is 0 Å². The Labute approximate surface area is 203 Å². The van der Waals surface area contributed by atoms with Crippen LogP contribution >= 0.6 is 0 Å². The fourth-order valence-electron chi connectivity index (χ4n) is 2.78. The zero-order valence-electron chi connectivity index (χ0n) is 20.2. The number of carbonyl (C=O) groups excluding carboxylic acids is 1. The summed E-state index contributed by atoms with van der Waals surface area (Å²) in [7, 11) is 0. The van der Waals surface area contributed by atoms with E-state index < -0.39 is 28.9 Å². The van der Waals surface area contributed by atoms with Crippen molar-refractivity contribution in [2.75, 3.05) is 22.6 Å². The van der Waals surface area contributed by atoms with Gasteiger partial charge in [-0.3, -0.25) is 10.5 Å². The molecule has 10 heteroatoms. The van der Waals surface area contributed by atoms with Gasteiger partial charge in [-0.15, -0.1) is 0 Å². The molecule has 6 N–H and O–H groups in total. The fourth-order valence-corrected chi connectivity index (χ4v) is 2.78. The number of nitrogens with zero attached hydrogens (tertiary/aromatic N) is 1. The summed E-state index contributed by atoms with van der Waals surface area (Å²) >= 11 is 0. The minimum Gasteiger partial charge on any atom is -0.488 e. The van der Waals surface area contributed by atoms with Crippen LogP contribution in [0.2, 0.25) is 0 Å². The van der Waals surface area contributed by atoms with Crippen LogP contribution in [-0.4, -0.2) is 34.8 Å². The first kappa shape index (κ1) is 27.5. The number of nitrogens with two attached hydrogens (primary N) is 1. The molecule has 0 saturated carbocycles. The van der Waals surface area contributed by atoms with Crippen LogP contribution in [0.25, 0.3) is 0 Å². The smallest absolute Gasteiger partial charge is 0.247 e. The zero-order chi connectivity index (χ0) is 26.2. The third kappa shape index (κ3) is 9.19. The highest BCUT2D eigenvalue weighted by molar-refractivity contribution is 6.07. The second-order valence-electron chi connectivity index (χ2n) is 8.52. The van der Waals surface area contributed by atoms with Gasteiger partial charge in [0, 0.05) is 23.1 Å². The first-order valence-corrected chi connectivity index (χ1v) is 10.8. The van der Waals surface area contributed by atoms with E-state index in [1.807, 2.05) is 0 Å². The number of carbonyl (C=O) groups is 1. The summed E-state index contributed by atoms with van der Waals surface area (Å²) < 4.78 is 34.4. The molecule has 0 saturated heterocycles.